The standard InChI is InChI=1S/C13H12BrFO2/c1-8-4-5-17-13(8)12(16)6-9-2-3-10(15)7-11(9)14/h2-5,7,12,16H,6H2,1H3. The molecular formula is C13H12BrFO2. The van der Waals surface area contributed by atoms with Gasteiger partial charge in [-0.1, -0.05) is 22.0 Å². The molecule has 0 fully saturated rings. The van der Waals surface area contributed by atoms with Crippen molar-refractivity contribution in [3.05, 3.63) is 57.7 Å². The van der Waals surface area contributed by atoms with Crippen molar-refractivity contribution >= 4 is 15.9 Å². The van der Waals surface area contributed by atoms with Gasteiger partial charge in [0.1, 0.15) is 17.7 Å². The second-order valence-electron chi connectivity index (χ2n) is 3.92. The highest BCUT2D eigenvalue weighted by molar-refractivity contribution is 9.10. The summed E-state index contributed by atoms with van der Waals surface area (Å²) in [5.41, 5.74) is 1.76. The lowest BCUT2D eigenvalue weighted by molar-refractivity contribution is 0.149. The van der Waals surface area contributed by atoms with Crippen LogP contribution in [0, 0.1) is 12.7 Å². The topological polar surface area (TPSA) is 33.4 Å². The summed E-state index contributed by atoms with van der Waals surface area (Å²) >= 11 is 3.28. The summed E-state index contributed by atoms with van der Waals surface area (Å²) in [6.07, 6.45) is 1.22. The van der Waals surface area contributed by atoms with E-state index in [-0.39, 0.29) is 5.82 Å². The number of benzene rings is 1. The predicted octanol–water partition coefficient (Wildman–Crippen LogP) is 3.77. The van der Waals surface area contributed by atoms with E-state index >= 15 is 0 Å². The van der Waals surface area contributed by atoms with Gasteiger partial charge in [-0.15, -0.1) is 0 Å². The minimum Gasteiger partial charge on any atom is -0.466 e. The Hall–Kier alpha value is -1.13. The highest BCUT2D eigenvalue weighted by Crippen LogP contribution is 2.26. The Balaban J connectivity index is 2.19. The molecule has 1 aromatic carbocycles. The molecule has 1 heterocycles. The average Bonchev–Trinajstić information content (AvgIpc) is 2.68. The van der Waals surface area contributed by atoms with Gasteiger partial charge in [0.15, 0.2) is 0 Å². The molecule has 17 heavy (non-hydrogen) atoms. The summed E-state index contributed by atoms with van der Waals surface area (Å²) in [7, 11) is 0. The summed E-state index contributed by atoms with van der Waals surface area (Å²) < 4.78 is 18.8. The van der Waals surface area contributed by atoms with E-state index in [1.165, 1.54) is 12.1 Å². The van der Waals surface area contributed by atoms with Crippen LogP contribution in [-0.4, -0.2) is 5.11 Å². The molecule has 2 aromatic rings. The molecule has 0 aliphatic carbocycles. The summed E-state index contributed by atoms with van der Waals surface area (Å²) in [5, 5.41) is 10.0. The van der Waals surface area contributed by atoms with Gasteiger partial charge < -0.3 is 9.52 Å². The number of halogens is 2. The van der Waals surface area contributed by atoms with Crippen molar-refractivity contribution in [1.29, 1.82) is 0 Å². The van der Waals surface area contributed by atoms with Crippen molar-refractivity contribution < 1.29 is 13.9 Å². The number of aryl methyl sites for hydroxylation is 1. The molecule has 1 atom stereocenters. The van der Waals surface area contributed by atoms with Gasteiger partial charge in [0, 0.05) is 10.9 Å². The summed E-state index contributed by atoms with van der Waals surface area (Å²) in [4.78, 5) is 0. The van der Waals surface area contributed by atoms with Crippen molar-refractivity contribution in [3.63, 3.8) is 0 Å². The Morgan fingerprint density at radius 3 is 2.76 bits per heavy atom. The van der Waals surface area contributed by atoms with Crippen LogP contribution in [0.1, 0.15) is 23.0 Å². The van der Waals surface area contributed by atoms with Crippen LogP contribution < -0.4 is 0 Å². The van der Waals surface area contributed by atoms with Crippen molar-refractivity contribution in [1.82, 2.24) is 0 Å². The molecule has 0 saturated heterocycles. The van der Waals surface area contributed by atoms with Gasteiger partial charge in [-0.3, -0.25) is 0 Å². The van der Waals surface area contributed by atoms with Crippen molar-refractivity contribution in [2.45, 2.75) is 19.4 Å². The Morgan fingerprint density at radius 2 is 2.18 bits per heavy atom. The maximum Gasteiger partial charge on any atom is 0.135 e. The second kappa shape index (κ2) is 5.02. The van der Waals surface area contributed by atoms with Crippen LogP contribution in [-0.2, 0) is 6.42 Å². The van der Waals surface area contributed by atoms with E-state index in [2.05, 4.69) is 15.9 Å². The minimum atomic E-state index is -0.716. The SMILES string of the molecule is Cc1ccoc1C(O)Cc1ccc(F)cc1Br. The van der Waals surface area contributed by atoms with Gasteiger partial charge in [0.25, 0.3) is 0 Å². The first-order valence-electron chi connectivity index (χ1n) is 5.24. The normalized spacial score (nSPS) is 12.7. The lowest BCUT2D eigenvalue weighted by Gasteiger charge is -2.10. The van der Waals surface area contributed by atoms with E-state index in [4.69, 9.17) is 4.42 Å². The highest BCUT2D eigenvalue weighted by Gasteiger charge is 2.16. The Labute approximate surface area is 107 Å². The molecule has 90 valence electrons. The third-order valence-corrected chi connectivity index (χ3v) is 3.37. The molecule has 0 aliphatic rings. The van der Waals surface area contributed by atoms with Crippen LogP contribution in [0.3, 0.4) is 0 Å². The third kappa shape index (κ3) is 2.76. The zero-order valence-corrected chi connectivity index (χ0v) is 10.9. The first kappa shape index (κ1) is 12.3. The van der Waals surface area contributed by atoms with Crippen LogP contribution in [0.15, 0.2) is 39.4 Å². The molecule has 0 bridgehead atoms. The quantitative estimate of drug-likeness (QED) is 0.936. The lowest BCUT2D eigenvalue weighted by Crippen LogP contribution is -2.02. The molecule has 1 N–H and O–H groups in total. The molecule has 2 nitrogen and oxygen atoms in total. The molecule has 1 aromatic heterocycles. The number of aliphatic hydroxyl groups is 1. The van der Waals surface area contributed by atoms with Crippen LogP contribution in [0.5, 0.6) is 0 Å². The average molecular weight is 299 g/mol. The summed E-state index contributed by atoms with van der Waals surface area (Å²) in [5.74, 6) is 0.255. The molecule has 0 saturated carbocycles. The summed E-state index contributed by atoms with van der Waals surface area (Å²) in [6.45, 7) is 1.88. The lowest BCUT2D eigenvalue weighted by atomic mass is 10.0. The molecule has 0 aliphatic heterocycles. The Bertz CT molecular complexity index is 522. The van der Waals surface area contributed by atoms with Crippen molar-refractivity contribution in [3.8, 4) is 0 Å². The molecule has 1 unspecified atom stereocenters. The van der Waals surface area contributed by atoms with Gasteiger partial charge in [0.2, 0.25) is 0 Å². The number of hydrogen-bond donors (Lipinski definition) is 1. The number of aliphatic hydroxyl groups excluding tert-OH is 1. The number of hydrogen-bond acceptors (Lipinski definition) is 2. The first-order valence-corrected chi connectivity index (χ1v) is 6.03. The van der Waals surface area contributed by atoms with Crippen LogP contribution >= 0.6 is 15.9 Å². The van der Waals surface area contributed by atoms with Gasteiger partial charge in [-0.2, -0.15) is 0 Å². The van der Waals surface area contributed by atoms with Crippen LogP contribution in [0.25, 0.3) is 0 Å². The van der Waals surface area contributed by atoms with Gasteiger partial charge >= 0.3 is 0 Å². The maximum absolute atomic E-state index is 12.9. The zero-order chi connectivity index (χ0) is 12.4. The van der Waals surface area contributed by atoms with Crippen molar-refractivity contribution in [2.24, 2.45) is 0 Å². The maximum atomic E-state index is 12.9. The van der Waals surface area contributed by atoms with E-state index in [9.17, 15) is 9.50 Å². The molecule has 4 heteroatoms. The van der Waals surface area contributed by atoms with Crippen LogP contribution in [0.4, 0.5) is 4.39 Å². The van der Waals surface area contributed by atoms with E-state index in [1.807, 2.05) is 6.92 Å². The first-order chi connectivity index (χ1) is 8.08. The monoisotopic (exact) mass is 298 g/mol. The predicted molar refractivity (Wildman–Crippen MR) is 66.2 cm³/mol. The fourth-order valence-corrected chi connectivity index (χ4v) is 2.23. The Morgan fingerprint density at radius 1 is 1.41 bits per heavy atom. The summed E-state index contributed by atoms with van der Waals surface area (Å²) in [6, 6.07) is 6.22. The Kier molecular flexibility index (Phi) is 3.64. The van der Waals surface area contributed by atoms with Crippen molar-refractivity contribution in [2.75, 3.05) is 0 Å². The van der Waals surface area contributed by atoms with E-state index in [0.717, 1.165) is 11.1 Å². The zero-order valence-electron chi connectivity index (χ0n) is 9.28. The molecule has 0 radical (unpaired) electrons. The smallest absolute Gasteiger partial charge is 0.135 e. The molecule has 0 spiro atoms. The number of furan rings is 1. The van der Waals surface area contributed by atoms with Gasteiger partial charge in [-0.05, 0) is 36.2 Å². The number of rotatable bonds is 3. The van der Waals surface area contributed by atoms with Gasteiger partial charge in [-0.25, -0.2) is 4.39 Å². The van der Waals surface area contributed by atoms with E-state index in [0.29, 0.717) is 16.7 Å². The van der Waals surface area contributed by atoms with Crippen LogP contribution in [0.2, 0.25) is 0 Å². The fraction of sp³-hybridized carbons (Fsp3) is 0.231. The van der Waals surface area contributed by atoms with E-state index < -0.39 is 6.10 Å². The second-order valence-corrected chi connectivity index (χ2v) is 4.78. The fourth-order valence-electron chi connectivity index (χ4n) is 1.71. The van der Waals surface area contributed by atoms with E-state index in [1.54, 1.807) is 18.4 Å². The molecule has 0 amide bonds. The minimum absolute atomic E-state index is 0.302. The van der Waals surface area contributed by atoms with Gasteiger partial charge in [0.05, 0.1) is 6.26 Å². The molecular weight excluding hydrogens is 287 g/mol. The molecule has 2 rings (SSSR count). The highest BCUT2D eigenvalue weighted by atomic mass is 79.9. The largest absolute Gasteiger partial charge is 0.466 e. The third-order valence-electron chi connectivity index (χ3n) is 2.63.